The molecule has 0 aromatic carbocycles. The molecule has 1 amide bonds. The minimum atomic E-state index is -0.230. The van der Waals surface area contributed by atoms with Crippen LogP contribution in [0.3, 0.4) is 0 Å². The first-order chi connectivity index (χ1) is 10.6. The lowest BCUT2D eigenvalue weighted by atomic mass is 9.48. The first kappa shape index (κ1) is 15.4. The molecule has 4 rings (SSSR count). The van der Waals surface area contributed by atoms with E-state index in [2.05, 4.69) is 17.6 Å². The Hall–Kier alpha value is -1.50. The Morgan fingerprint density at radius 3 is 2.27 bits per heavy atom. The van der Waals surface area contributed by atoms with Crippen LogP contribution < -0.4 is 10.6 Å². The van der Waals surface area contributed by atoms with E-state index in [0.717, 1.165) is 17.8 Å². The largest absolute Gasteiger partial charge is 0.390 e. The molecule has 4 nitrogen and oxygen atoms in total. The smallest absolute Gasteiger partial charge is 0.263 e. The number of nitrogens with zero attached hydrogens (tertiary/aromatic N) is 1. The van der Waals surface area contributed by atoms with Crippen molar-refractivity contribution >= 4 is 5.91 Å². The van der Waals surface area contributed by atoms with Gasteiger partial charge >= 0.3 is 0 Å². The minimum absolute atomic E-state index is 0.159. The van der Waals surface area contributed by atoms with Crippen LogP contribution in [0.5, 0.6) is 0 Å². The molecule has 0 aromatic rings. The number of hydrogen-bond acceptors (Lipinski definition) is 3. The van der Waals surface area contributed by atoms with Crippen LogP contribution in [0.15, 0.2) is 11.8 Å². The molecule has 4 bridgehead atoms. The van der Waals surface area contributed by atoms with Crippen LogP contribution in [-0.4, -0.2) is 18.5 Å². The number of rotatable bonds is 5. The predicted octanol–water partition coefficient (Wildman–Crippen LogP) is 2.72. The highest BCUT2D eigenvalue weighted by Crippen LogP contribution is 2.61. The molecule has 0 aliphatic heterocycles. The van der Waals surface area contributed by atoms with Gasteiger partial charge in [0.15, 0.2) is 0 Å². The van der Waals surface area contributed by atoms with Crippen molar-refractivity contribution in [2.45, 2.75) is 58.4 Å². The summed E-state index contributed by atoms with van der Waals surface area (Å²) in [6.07, 6.45) is 9.54. The van der Waals surface area contributed by atoms with E-state index in [1.807, 2.05) is 13.0 Å². The summed E-state index contributed by atoms with van der Waals surface area (Å²) < 4.78 is 0. The molecule has 4 heteroatoms. The Kier molecular flexibility index (Phi) is 4.16. The van der Waals surface area contributed by atoms with Crippen molar-refractivity contribution in [3.63, 3.8) is 0 Å². The molecule has 4 aliphatic carbocycles. The van der Waals surface area contributed by atoms with E-state index >= 15 is 0 Å². The Morgan fingerprint density at radius 1 is 1.27 bits per heavy atom. The zero-order valence-corrected chi connectivity index (χ0v) is 13.7. The molecule has 120 valence electrons. The quantitative estimate of drug-likeness (QED) is 0.606. The van der Waals surface area contributed by atoms with E-state index in [1.165, 1.54) is 44.7 Å². The second kappa shape index (κ2) is 5.95. The predicted molar refractivity (Wildman–Crippen MR) is 85.6 cm³/mol. The standard InChI is InChI=1S/C18H27N3O/c1-3-20-11-16(10-19)17(22)21-12(2)18-7-13-4-14(8-18)6-15(5-13)9-18/h11-15,20H,3-9H2,1-2H3,(H,21,22)/b16-11-. The molecule has 4 fully saturated rings. The molecule has 0 radical (unpaired) electrons. The Bertz CT molecular complexity index is 482. The van der Waals surface area contributed by atoms with Crippen molar-refractivity contribution in [2.75, 3.05) is 6.54 Å². The molecule has 22 heavy (non-hydrogen) atoms. The maximum Gasteiger partial charge on any atom is 0.263 e. The highest BCUT2D eigenvalue weighted by molar-refractivity contribution is 5.97. The summed E-state index contributed by atoms with van der Waals surface area (Å²) in [5.41, 5.74) is 0.460. The van der Waals surface area contributed by atoms with Crippen LogP contribution in [0.4, 0.5) is 0 Å². The normalized spacial score (nSPS) is 37.5. The van der Waals surface area contributed by atoms with Crippen molar-refractivity contribution in [2.24, 2.45) is 23.2 Å². The lowest BCUT2D eigenvalue weighted by Gasteiger charge is -2.59. The zero-order valence-electron chi connectivity index (χ0n) is 13.7. The van der Waals surface area contributed by atoms with Gasteiger partial charge in [0.25, 0.3) is 5.91 Å². The maximum absolute atomic E-state index is 12.3. The zero-order chi connectivity index (χ0) is 15.7. The number of nitriles is 1. The van der Waals surface area contributed by atoms with Crippen molar-refractivity contribution < 1.29 is 4.79 Å². The number of nitrogens with one attached hydrogen (secondary N) is 2. The number of hydrogen-bond donors (Lipinski definition) is 2. The summed E-state index contributed by atoms with van der Waals surface area (Å²) in [4.78, 5) is 12.3. The summed E-state index contributed by atoms with van der Waals surface area (Å²) in [6, 6.07) is 2.16. The van der Waals surface area contributed by atoms with E-state index in [4.69, 9.17) is 5.26 Å². The molecule has 0 aromatic heterocycles. The second-order valence-electron chi connectivity index (χ2n) is 7.70. The van der Waals surface area contributed by atoms with Crippen LogP contribution >= 0.6 is 0 Å². The van der Waals surface area contributed by atoms with Gasteiger partial charge in [-0.2, -0.15) is 5.26 Å². The van der Waals surface area contributed by atoms with Gasteiger partial charge in [0.1, 0.15) is 11.6 Å². The van der Waals surface area contributed by atoms with E-state index in [1.54, 1.807) is 0 Å². The van der Waals surface area contributed by atoms with Gasteiger partial charge in [0.05, 0.1) is 0 Å². The summed E-state index contributed by atoms with van der Waals surface area (Å²) in [5.74, 6) is 2.39. The van der Waals surface area contributed by atoms with E-state index < -0.39 is 0 Å². The molecule has 1 atom stereocenters. The maximum atomic E-state index is 12.3. The van der Waals surface area contributed by atoms with Gasteiger partial charge in [-0.1, -0.05) is 0 Å². The van der Waals surface area contributed by atoms with Gasteiger partial charge in [0.2, 0.25) is 0 Å². The summed E-state index contributed by atoms with van der Waals surface area (Å²) in [5, 5.41) is 15.2. The number of carbonyl (C=O) groups excluding carboxylic acids is 1. The van der Waals surface area contributed by atoms with Gasteiger partial charge in [0, 0.05) is 18.8 Å². The molecule has 4 saturated carbocycles. The van der Waals surface area contributed by atoms with Crippen LogP contribution in [0.25, 0.3) is 0 Å². The summed E-state index contributed by atoms with van der Waals surface area (Å²) >= 11 is 0. The van der Waals surface area contributed by atoms with Crippen molar-refractivity contribution in [1.82, 2.24) is 10.6 Å². The third-order valence-corrected chi connectivity index (χ3v) is 6.17. The first-order valence-corrected chi connectivity index (χ1v) is 8.71. The van der Waals surface area contributed by atoms with Crippen LogP contribution in [-0.2, 0) is 4.79 Å². The van der Waals surface area contributed by atoms with E-state index in [0.29, 0.717) is 6.54 Å². The molecular formula is C18H27N3O. The lowest BCUT2D eigenvalue weighted by molar-refractivity contribution is -0.122. The van der Waals surface area contributed by atoms with Gasteiger partial charge < -0.3 is 10.6 Å². The second-order valence-corrected chi connectivity index (χ2v) is 7.70. The molecule has 0 saturated heterocycles. The van der Waals surface area contributed by atoms with Crippen molar-refractivity contribution in [3.05, 3.63) is 11.8 Å². The Morgan fingerprint density at radius 2 is 1.82 bits per heavy atom. The number of carbonyl (C=O) groups is 1. The molecule has 0 heterocycles. The molecule has 2 N–H and O–H groups in total. The van der Waals surface area contributed by atoms with Gasteiger partial charge in [-0.15, -0.1) is 0 Å². The third-order valence-electron chi connectivity index (χ3n) is 6.17. The molecule has 1 unspecified atom stereocenters. The van der Waals surface area contributed by atoms with Crippen LogP contribution in [0.2, 0.25) is 0 Å². The van der Waals surface area contributed by atoms with Crippen LogP contribution in [0, 0.1) is 34.5 Å². The van der Waals surface area contributed by atoms with Crippen molar-refractivity contribution in [1.29, 1.82) is 5.26 Å². The Labute approximate surface area is 133 Å². The van der Waals surface area contributed by atoms with Gasteiger partial charge in [-0.05, 0) is 75.5 Å². The van der Waals surface area contributed by atoms with Crippen molar-refractivity contribution in [3.8, 4) is 6.07 Å². The van der Waals surface area contributed by atoms with Crippen LogP contribution in [0.1, 0.15) is 52.4 Å². The minimum Gasteiger partial charge on any atom is -0.390 e. The van der Waals surface area contributed by atoms with Gasteiger partial charge in [-0.25, -0.2) is 0 Å². The Balaban J connectivity index is 1.68. The number of amides is 1. The SMILES string of the molecule is CCN/C=C(/C#N)C(=O)NC(C)C12CC3CC(CC(C3)C1)C2. The monoisotopic (exact) mass is 301 g/mol. The fourth-order valence-electron chi connectivity index (χ4n) is 5.49. The fourth-order valence-corrected chi connectivity index (χ4v) is 5.49. The third kappa shape index (κ3) is 2.74. The fraction of sp³-hybridized carbons (Fsp3) is 0.778. The highest BCUT2D eigenvalue weighted by atomic mass is 16.1. The molecule has 0 spiro atoms. The molecular weight excluding hydrogens is 274 g/mol. The topological polar surface area (TPSA) is 64.9 Å². The first-order valence-electron chi connectivity index (χ1n) is 8.71. The van der Waals surface area contributed by atoms with E-state index in [-0.39, 0.29) is 22.9 Å². The van der Waals surface area contributed by atoms with E-state index in [9.17, 15) is 4.79 Å². The molecule has 4 aliphatic rings. The summed E-state index contributed by atoms with van der Waals surface area (Å²) in [7, 11) is 0. The van der Waals surface area contributed by atoms with Gasteiger partial charge in [-0.3, -0.25) is 4.79 Å². The highest BCUT2D eigenvalue weighted by Gasteiger charge is 2.53. The average molecular weight is 301 g/mol. The lowest BCUT2D eigenvalue weighted by Crippen LogP contribution is -2.56. The summed E-state index contributed by atoms with van der Waals surface area (Å²) in [6.45, 7) is 4.80. The average Bonchev–Trinajstić information content (AvgIpc) is 2.46.